The third kappa shape index (κ3) is 2.30. The minimum absolute atomic E-state index is 0.763. The van der Waals surface area contributed by atoms with E-state index < -0.39 is 0 Å². The predicted molar refractivity (Wildman–Crippen MR) is 63.2 cm³/mol. The van der Waals surface area contributed by atoms with Crippen LogP contribution >= 0.6 is 0 Å². The monoisotopic (exact) mass is 220 g/mol. The van der Waals surface area contributed by atoms with Gasteiger partial charge < -0.3 is 9.73 Å². The number of hydrogen-bond acceptors (Lipinski definition) is 3. The van der Waals surface area contributed by atoms with Crippen LogP contribution in [-0.4, -0.2) is 30.1 Å². The molecule has 1 aliphatic heterocycles. The second-order valence-corrected chi connectivity index (χ2v) is 4.96. The van der Waals surface area contributed by atoms with E-state index in [1.165, 1.54) is 38.8 Å². The SMILES string of the molecule is c1coc(CN(C2CCNCC2)C2CC2)c1. The molecule has 0 aromatic carbocycles. The highest BCUT2D eigenvalue weighted by Crippen LogP contribution is 2.32. The minimum Gasteiger partial charge on any atom is -0.468 e. The van der Waals surface area contributed by atoms with Crippen molar-refractivity contribution in [3.05, 3.63) is 24.2 Å². The van der Waals surface area contributed by atoms with Gasteiger partial charge in [0.2, 0.25) is 0 Å². The summed E-state index contributed by atoms with van der Waals surface area (Å²) < 4.78 is 5.48. The summed E-state index contributed by atoms with van der Waals surface area (Å²) in [4.78, 5) is 2.67. The fraction of sp³-hybridized carbons (Fsp3) is 0.692. The summed E-state index contributed by atoms with van der Waals surface area (Å²) in [6.07, 6.45) is 7.12. The maximum Gasteiger partial charge on any atom is 0.117 e. The molecule has 0 radical (unpaired) electrons. The van der Waals surface area contributed by atoms with Crippen LogP contribution in [0.1, 0.15) is 31.4 Å². The van der Waals surface area contributed by atoms with Crippen molar-refractivity contribution in [2.24, 2.45) is 0 Å². The first kappa shape index (κ1) is 10.4. The number of nitrogens with zero attached hydrogens (tertiary/aromatic N) is 1. The van der Waals surface area contributed by atoms with Crippen LogP contribution in [0.2, 0.25) is 0 Å². The van der Waals surface area contributed by atoms with Crippen molar-refractivity contribution in [1.29, 1.82) is 0 Å². The average Bonchev–Trinajstić information content (AvgIpc) is 3.05. The van der Waals surface area contributed by atoms with Gasteiger partial charge in [-0.2, -0.15) is 0 Å². The van der Waals surface area contributed by atoms with E-state index in [0.717, 1.165) is 24.4 Å². The zero-order valence-corrected chi connectivity index (χ0v) is 9.69. The van der Waals surface area contributed by atoms with Gasteiger partial charge >= 0.3 is 0 Å². The van der Waals surface area contributed by atoms with Crippen LogP contribution in [0.3, 0.4) is 0 Å². The minimum atomic E-state index is 0.763. The Morgan fingerprint density at radius 2 is 1.94 bits per heavy atom. The molecule has 3 heteroatoms. The van der Waals surface area contributed by atoms with E-state index >= 15 is 0 Å². The van der Waals surface area contributed by atoms with Crippen molar-refractivity contribution in [3.8, 4) is 0 Å². The average molecular weight is 220 g/mol. The van der Waals surface area contributed by atoms with E-state index in [1.54, 1.807) is 6.26 Å². The van der Waals surface area contributed by atoms with E-state index in [0.29, 0.717) is 0 Å². The lowest BCUT2D eigenvalue weighted by atomic mass is 10.0. The molecule has 3 nitrogen and oxygen atoms in total. The molecular weight excluding hydrogens is 200 g/mol. The lowest BCUT2D eigenvalue weighted by Crippen LogP contribution is -2.43. The molecule has 3 rings (SSSR count). The van der Waals surface area contributed by atoms with Crippen molar-refractivity contribution in [3.63, 3.8) is 0 Å². The Morgan fingerprint density at radius 3 is 2.56 bits per heavy atom. The van der Waals surface area contributed by atoms with Gasteiger partial charge in [0.1, 0.15) is 5.76 Å². The second-order valence-electron chi connectivity index (χ2n) is 4.96. The van der Waals surface area contributed by atoms with Gasteiger partial charge in [-0.3, -0.25) is 4.90 Å². The molecule has 1 aliphatic carbocycles. The van der Waals surface area contributed by atoms with Crippen molar-refractivity contribution in [1.82, 2.24) is 10.2 Å². The molecule has 0 spiro atoms. The second kappa shape index (κ2) is 4.60. The van der Waals surface area contributed by atoms with Gasteiger partial charge in [-0.05, 0) is 50.9 Å². The lowest BCUT2D eigenvalue weighted by Gasteiger charge is -2.34. The maximum absolute atomic E-state index is 5.48. The quantitative estimate of drug-likeness (QED) is 0.841. The van der Waals surface area contributed by atoms with Crippen molar-refractivity contribution in [2.75, 3.05) is 13.1 Å². The summed E-state index contributed by atoms with van der Waals surface area (Å²) in [6.45, 7) is 3.35. The summed E-state index contributed by atoms with van der Waals surface area (Å²) in [5.74, 6) is 1.12. The van der Waals surface area contributed by atoms with Crippen LogP contribution in [-0.2, 0) is 6.54 Å². The largest absolute Gasteiger partial charge is 0.468 e. The van der Waals surface area contributed by atoms with E-state index in [-0.39, 0.29) is 0 Å². The summed E-state index contributed by atoms with van der Waals surface area (Å²) in [5, 5.41) is 3.44. The lowest BCUT2D eigenvalue weighted by molar-refractivity contribution is 0.134. The normalized spacial score (nSPS) is 22.8. The number of nitrogens with one attached hydrogen (secondary N) is 1. The number of furan rings is 1. The van der Waals surface area contributed by atoms with E-state index in [4.69, 9.17) is 4.42 Å². The number of rotatable bonds is 4. The van der Waals surface area contributed by atoms with Gasteiger partial charge in [-0.25, -0.2) is 0 Å². The smallest absolute Gasteiger partial charge is 0.117 e. The standard InChI is InChI=1S/C13H20N2O/c1-2-13(16-9-1)10-15(11-3-4-11)12-5-7-14-8-6-12/h1-2,9,11-12,14H,3-8,10H2. The molecule has 88 valence electrons. The third-order valence-electron chi connectivity index (χ3n) is 3.71. The van der Waals surface area contributed by atoms with Crippen LogP contribution in [0.25, 0.3) is 0 Å². The van der Waals surface area contributed by atoms with Crippen LogP contribution in [0.4, 0.5) is 0 Å². The van der Waals surface area contributed by atoms with Gasteiger partial charge in [-0.15, -0.1) is 0 Å². The molecule has 2 fully saturated rings. The van der Waals surface area contributed by atoms with E-state index in [1.807, 2.05) is 6.07 Å². The summed E-state index contributed by atoms with van der Waals surface area (Å²) in [7, 11) is 0. The predicted octanol–water partition coefficient (Wildman–Crippen LogP) is 2.00. The number of piperidine rings is 1. The number of hydrogen-bond donors (Lipinski definition) is 1. The van der Waals surface area contributed by atoms with E-state index in [2.05, 4.69) is 16.3 Å². The van der Waals surface area contributed by atoms with Crippen LogP contribution in [0, 0.1) is 0 Å². The van der Waals surface area contributed by atoms with Gasteiger partial charge in [0.05, 0.1) is 12.8 Å². The highest BCUT2D eigenvalue weighted by atomic mass is 16.3. The molecule has 1 aromatic rings. The van der Waals surface area contributed by atoms with Gasteiger partial charge in [-0.1, -0.05) is 0 Å². The fourth-order valence-corrected chi connectivity index (χ4v) is 2.68. The maximum atomic E-state index is 5.48. The molecule has 1 aromatic heterocycles. The molecule has 16 heavy (non-hydrogen) atoms. The Bertz CT molecular complexity index is 313. The molecular formula is C13H20N2O. The Labute approximate surface area is 96.8 Å². The van der Waals surface area contributed by atoms with Crippen molar-refractivity contribution >= 4 is 0 Å². The molecule has 1 N–H and O–H groups in total. The van der Waals surface area contributed by atoms with Crippen LogP contribution in [0.5, 0.6) is 0 Å². The first-order chi connectivity index (χ1) is 7.93. The first-order valence-corrected chi connectivity index (χ1v) is 6.42. The summed E-state index contributed by atoms with van der Waals surface area (Å²) in [5.41, 5.74) is 0. The molecule has 2 heterocycles. The molecule has 1 saturated heterocycles. The highest BCUT2D eigenvalue weighted by molar-refractivity contribution is 5.01. The first-order valence-electron chi connectivity index (χ1n) is 6.42. The summed E-state index contributed by atoms with van der Waals surface area (Å²) in [6, 6.07) is 5.67. The van der Waals surface area contributed by atoms with Crippen molar-refractivity contribution < 1.29 is 4.42 Å². The van der Waals surface area contributed by atoms with Crippen LogP contribution in [0.15, 0.2) is 22.8 Å². The van der Waals surface area contributed by atoms with Crippen LogP contribution < -0.4 is 5.32 Å². The van der Waals surface area contributed by atoms with Gasteiger partial charge in [0, 0.05) is 12.1 Å². The molecule has 0 unspecified atom stereocenters. The topological polar surface area (TPSA) is 28.4 Å². The molecule has 0 amide bonds. The Balaban J connectivity index is 1.65. The summed E-state index contributed by atoms with van der Waals surface area (Å²) >= 11 is 0. The fourth-order valence-electron chi connectivity index (χ4n) is 2.68. The molecule has 0 bridgehead atoms. The molecule has 2 aliphatic rings. The third-order valence-corrected chi connectivity index (χ3v) is 3.71. The van der Waals surface area contributed by atoms with Gasteiger partial charge in [0.25, 0.3) is 0 Å². The molecule has 1 saturated carbocycles. The highest BCUT2D eigenvalue weighted by Gasteiger charge is 2.34. The Hall–Kier alpha value is -0.800. The molecule has 0 atom stereocenters. The van der Waals surface area contributed by atoms with Gasteiger partial charge in [0.15, 0.2) is 0 Å². The zero-order chi connectivity index (χ0) is 10.8. The Kier molecular flexibility index (Phi) is 2.98. The Morgan fingerprint density at radius 1 is 1.19 bits per heavy atom. The van der Waals surface area contributed by atoms with Crippen molar-refractivity contribution in [2.45, 2.75) is 44.3 Å². The van der Waals surface area contributed by atoms with E-state index in [9.17, 15) is 0 Å². The zero-order valence-electron chi connectivity index (χ0n) is 9.69.